The maximum absolute atomic E-state index is 5.84. The zero-order valence-corrected chi connectivity index (χ0v) is 10.3. The first kappa shape index (κ1) is 11.7. The lowest BCUT2D eigenvalue weighted by Crippen LogP contribution is -2.08. The molecule has 2 N–H and O–H groups in total. The molecule has 0 aliphatic rings. The number of nitrogens with two attached hydrogens (primary N) is 1. The van der Waals surface area contributed by atoms with Gasteiger partial charge in [-0.1, -0.05) is 12.1 Å². The Hall–Kier alpha value is -1.75. The number of rotatable bonds is 3. The van der Waals surface area contributed by atoms with Gasteiger partial charge in [-0.05, 0) is 32.4 Å². The smallest absolute Gasteiger partial charge is 0.243 e. The van der Waals surface area contributed by atoms with E-state index in [1.165, 1.54) is 0 Å². The fourth-order valence-electron chi connectivity index (χ4n) is 1.64. The van der Waals surface area contributed by atoms with Crippen LogP contribution in [-0.4, -0.2) is 15.1 Å². The van der Waals surface area contributed by atoms with E-state index in [1.54, 1.807) is 0 Å². The van der Waals surface area contributed by atoms with Crippen molar-refractivity contribution in [2.75, 3.05) is 0 Å². The van der Waals surface area contributed by atoms with Gasteiger partial charge in [-0.25, -0.2) is 0 Å². The summed E-state index contributed by atoms with van der Waals surface area (Å²) < 4.78 is 5.14. The minimum Gasteiger partial charge on any atom is -0.337 e. The Bertz CT molecular complexity index is 501. The van der Waals surface area contributed by atoms with E-state index in [9.17, 15) is 0 Å². The Labute approximate surface area is 100 Å². The van der Waals surface area contributed by atoms with Crippen molar-refractivity contribution in [3.8, 4) is 11.4 Å². The van der Waals surface area contributed by atoms with Crippen LogP contribution in [0.1, 0.15) is 36.7 Å². The first-order valence-electron chi connectivity index (χ1n) is 5.65. The maximum atomic E-state index is 5.84. The van der Waals surface area contributed by atoms with Gasteiger partial charge in [-0.15, -0.1) is 0 Å². The van der Waals surface area contributed by atoms with Gasteiger partial charge in [-0.3, -0.25) is 4.98 Å². The minimum absolute atomic E-state index is 0.194. The molecular formula is C12H16N4O. The number of aromatic nitrogens is 3. The molecule has 0 aliphatic carbocycles. The highest BCUT2D eigenvalue weighted by Gasteiger charge is 2.14. The van der Waals surface area contributed by atoms with Crippen molar-refractivity contribution in [1.29, 1.82) is 0 Å². The van der Waals surface area contributed by atoms with Crippen LogP contribution in [0.3, 0.4) is 0 Å². The van der Waals surface area contributed by atoms with E-state index < -0.39 is 0 Å². The first-order chi connectivity index (χ1) is 8.10. The highest BCUT2D eigenvalue weighted by molar-refractivity contribution is 5.55. The van der Waals surface area contributed by atoms with E-state index in [0.717, 1.165) is 23.4 Å². The van der Waals surface area contributed by atoms with Gasteiger partial charge in [0.05, 0.1) is 6.04 Å². The molecule has 90 valence electrons. The third kappa shape index (κ3) is 2.50. The van der Waals surface area contributed by atoms with E-state index in [0.29, 0.717) is 11.7 Å². The summed E-state index contributed by atoms with van der Waals surface area (Å²) in [6.45, 7) is 5.86. The van der Waals surface area contributed by atoms with E-state index in [2.05, 4.69) is 15.1 Å². The molecule has 0 aromatic carbocycles. The molecule has 0 radical (unpaired) electrons. The average molecular weight is 232 g/mol. The van der Waals surface area contributed by atoms with Crippen LogP contribution in [0.4, 0.5) is 0 Å². The third-order valence-electron chi connectivity index (χ3n) is 2.54. The van der Waals surface area contributed by atoms with Gasteiger partial charge in [0.1, 0.15) is 0 Å². The van der Waals surface area contributed by atoms with E-state index in [-0.39, 0.29) is 6.04 Å². The molecule has 0 saturated carbocycles. The molecule has 5 nitrogen and oxygen atoms in total. The lowest BCUT2D eigenvalue weighted by molar-refractivity contribution is 0.352. The molecule has 2 heterocycles. The predicted molar refractivity (Wildman–Crippen MR) is 64.2 cm³/mol. The Morgan fingerprint density at radius 3 is 2.47 bits per heavy atom. The molecular weight excluding hydrogens is 216 g/mol. The molecule has 2 aromatic rings. The summed E-state index contributed by atoms with van der Waals surface area (Å²) in [4.78, 5) is 8.61. The zero-order valence-electron chi connectivity index (χ0n) is 10.3. The fourth-order valence-corrected chi connectivity index (χ4v) is 1.64. The molecule has 0 fully saturated rings. The molecule has 1 atom stereocenters. The normalized spacial score (nSPS) is 12.7. The molecule has 2 aromatic heterocycles. The van der Waals surface area contributed by atoms with Crippen molar-refractivity contribution in [1.82, 2.24) is 15.1 Å². The summed E-state index contributed by atoms with van der Waals surface area (Å²) in [5, 5.41) is 3.94. The van der Waals surface area contributed by atoms with Gasteiger partial charge in [0.2, 0.25) is 11.7 Å². The van der Waals surface area contributed by atoms with Gasteiger partial charge in [0.25, 0.3) is 0 Å². The molecule has 0 unspecified atom stereocenters. The second-order valence-electron chi connectivity index (χ2n) is 4.11. The van der Waals surface area contributed by atoms with Crippen molar-refractivity contribution < 1.29 is 4.52 Å². The summed E-state index contributed by atoms with van der Waals surface area (Å²) in [5.74, 6) is 1.05. The number of pyridine rings is 1. The maximum Gasteiger partial charge on any atom is 0.243 e. The largest absolute Gasteiger partial charge is 0.337 e. The van der Waals surface area contributed by atoms with Crippen molar-refractivity contribution in [2.24, 2.45) is 5.73 Å². The monoisotopic (exact) mass is 232 g/mol. The Morgan fingerprint density at radius 2 is 1.88 bits per heavy atom. The Kier molecular flexibility index (Phi) is 3.19. The molecule has 2 rings (SSSR count). The molecule has 0 aliphatic heterocycles. The second kappa shape index (κ2) is 4.63. The standard InChI is InChI=1S/C12H16N4O/c1-4-10(13)12-15-11(16-17-12)9-5-7(2)14-8(3)6-9/h5-6,10H,4,13H2,1-3H3/t10-/m0/s1. The highest BCUT2D eigenvalue weighted by atomic mass is 16.5. The van der Waals surface area contributed by atoms with Crippen molar-refractivity contribution in [3.05, 3.63) is 29.4 Å². The number of hydrogen-bond donors (Lipinski definition) is 1. The predicted octanol–water partition coefficient (Wildman–Crippen LogP) is 2.16. The van der Waals surface area contributed by atoms with Gasteiger partial charge >= 0.3 is 0 Å². The van der Waals surface area contributed by atoms with Crippen LogP contribution in [0, 0.1) is 13.8 Å². The van der Waals surface area contributed by atoms with E-state index >= 15 is 0 Å². The van der Waals surface area contributed by atoms with Crippen molar-refractivity contribution in [2.45, 2.75) is 33.2 Å². The molecule has 0 amide bonds. The van der Waals surface area contributed by atoms with Gasteiger partial charge < -0.3 is 10.3 Å². The van der Waals surface area contributed by atoms with Crippen LogP contribution >= 0.6 is 0 Å². The summed E-state index contributed by atoms with van der Waals surface area (Å²) in [5.41, 5.74) is 8.62. The molecule has 0 bridgehead atoms. The van der Waals surface area contributed by atoms with Crippen molar-refractivity contribution in [3.63, 3.8) is 0 Å². The van der Waals surface area contributed by atoms with E-state index in [4.69, 9.17) is 10.3 Å². The van der Waals surface area contributed by atoms with Gasteiger partial charge in [0.15, 0.2) is 0 Å². The topological polar surface area (TPSA) is 77.8 Å². The van der Waals surface area contributed by atoms with Gasteiger partial charge in [0, 0.05) is 17.0 Å². The Morgan fingerprint density at radius 1 is 1.24 bits per heavy atom. The van der Waals surface area contributed by atoms with E-state index in [1.807, 2.05) is 32.9 Å². The number of nitrogens with zero attached hydrogens (tertiary/aromatic N) is 3. The SMILES string of the molecule is CC[C@H](N)c1nc(-c2cc(C)nc(C)c2)no1. The summed E-state index contributed by atoms with van der Waals surface area (Å²) >= 11 is 0. The fraction of sp³-hybridized carbons (Fsp3) is 0.417. The summed E-state index contributed by atoms with van der Waals surface area (Å²) in [6.07, 6.45) is 0.774. The summed E-state index contributed by atoms with van der Waals surface area (Å²) in [7, 11) is 0. The molecule has 0 spiro atoms. The Balaban J connectivity index is 2.36. The van der Waals surface area contributed by atoms with Crippen LogP contribution in [0.5, 0.6) is 0 Å². The molecule has 17 heavy (non-hydrogen) atoms. The third-order valence-corrected chi connectivity index (χ3v) is 2.54. The number of hydrogen-bond acceptors (Lipinski definition) is 5. The van der Waals surface area contributed by atoms with Crippen LogP contribution in [0.15, 0.2) is 16.7 Å². The van der Waals surface area contributed by atoms with Crippen LogP contribution in [-0.2, 0) is 0 Å². The zero-order chi connectivity index (χ0) is 12.4. The molecule has 0 saturated heterocycles. The highest BCUT2D eigenvalue weighted by Crippen LogP contribution is 2.20. The van der Waals surface area contributed by atoms with Crippen LogP contribution in [0.2, 0.25) is 0 Å². The minimum atomic E-state index is -0.194. The quantitative estimate of drug-likeness (QED) is 0.877. The second-order valence-corrected chi connectivity index (χ2v) is 4.11. The summed E-state index contributed by atoms with van der Waals surface area (Å²) in [6, 6.07) is 3.67. The average Bonchev–Trinajstić information content (AvgIpc) is 2.76. The molecule has 5 heteroatoms. The lowest BCUT2D eigenvalue weighted by atomic mass is 10.2. The van der Waals surface area contributed by atoms with Crippen LogP contribution in [0.25, 0.3) is 11.4 Å². The lowest BCUT2D eigenvalue weighted by Gasteiger charge is -2.00. The number of aryl methyl sites for hydroxylation is 2. The van der Waals surface area contributed by atoms with Crippen molar-refractivity contribution >= 4 is 0 Å². The first-order valence-corrected chi connectivity index (χ1v) is 5.65. The van der Waals surface area contributed by atoms with Gasteiger partial charge in [-0.2, -0.15) is 4.98 Å². The van der Waals surface area contributed by atoms with Crippen LogP contribution < -0.4 is 5.73 Å².